The number of Topliss-reactive ketones (excluding diaryl/α,β-unsaturated/α-hetero) is 1. The molecule has 4 aromatic rings. The summed E-state index contributed by atoms with van der Waals surface area (Å²) < 4.78 is 6.36. The van der Waals surface area contributed by atoms with E-state index in [1.54, 1.807) is 18.3 Å². The number of fused-ring (bicyclic) bond motifs is 4. The molecule has 0 aromatic carbocycles. The summed E-state index contributed by atoms with van der Waals surface area (Å²) >= 11 is 1.80. The van der Waals surface area contributed by atoms with E-state index in [1.165, 1.54) is 28.7 Å². The first-order chi connectivity index (χ1) is 15.2. The van der Waals surface area contributed by atoms with Gasteiger partial charge in [0, 0.05) is 45.0 Å². The van der Waals surface area contributed by atoms with E-state index in [2.05, 4.69) is 11.1 Å². The Morgan fingerprint density at radius 1 is 1.25 bits per heavy atom. The maximum absolute atomic E-state index is 12.9. The number of aromatic amines is 1. The van der Waals surface area contributed by atoms with E-state index < -0.39 is 11.7 Å². The van der Waals surface area contributed by atoms with Crippen molar-refractivity contribution >= 4 is 38.4 Å². The van der Waals surface area contributed by atoms with Gasteiger partial charge < -0.3 is 9.72 Å². The van der Waals surface area contributed by atoms with E-state index in [4.69, 9.17) is 14.7 Å². The lowest BCUT2D eigenvalue weighted by atomic mass is 9.87. The number of ether oxygens (including phenoxy) is 1. The second-order valence-electron chi connectivity index (χ2n) is 9.73. The van der Waals surface area contributed by atoms with Gasteiger partial charge in [-0.25, -0.2) is 4.98 Å². The molecule has 0 amide bonds. The van der Waals surface area contributed by atoms with Crippen LogP contribution in [0.1, 0.15) is 68.3 Å². The summed E-state index contributed by atoms with van der Waals surface area (Å²) in [7, 11) is 0. The Balaban J connectivity index is 1.87. The maximum Gasteiger partial charge on any atom is 0.163 e. The minimum absolute atomic E-state index is 0.0107. The van der Waals surface area contributed by atoms with Gasteiger partial charge in [-0.05, 0) is 78.0 Å². The van der Waals surface area contributed by atoms with Gasteiger partial charge in [0.1, 0.15) is 10.9 Å². The van der Waals surface area contributed by atoms with Crippen LogP contribution in [0.3, 0.4) is 0 Å². The van der Waals surface area contributed by atoms with Crippen molar-refractivity contribution in [3.63, 3.8) is 0 Å². The van der Waals surface area contributed by atoms with Crippen molar-refractivity contribution in [2.75, 3.05) is 0 Å². The van der Waals surface area contributed by atoms with Crippen molar-refractivity contribution in [1.29, 1.82) is 0 Å². The van der Waals surface area contributed by atoms with Crippen LogP contribution in [0.2, 0.25) is 0 Å². The maximum atomic E-state index is 12.9. The van der Waals surface area contributed by atoms with Gasteiger partial charge in [0.25, 0.3) is 0 Å². The zero-order chi connectivity index (χ0) is 22.6. The van der Waals surface area contributed by atoms with E-state index >= 15 is 0 Å². The molecule has 0 fully saturated rings. The highest BCUT2D eigenvalue weighted by atomic mass is 32.1. The fraction of sp³-hybridized carbons (Fsp3) is 0.423. The van der Waals surface area contributed by atoms with E-state index in [0.717, 1.165) is 51.1 Å². The summed E-state index contributed by atoms with van der Waals surface area (Å²) in [5.74, 6) is -0.0107. The van der Waals surface area contributed by atoms with Gasteiger partial charge in [-0.1, -0.05) is 0 Å². The van der Waals surface area contributed by atoms with Crippen LogP contribution in [0.5, 0.6) is 0 Å². The molecule has 5 nitrogen and oxygen atoms in total. The van der Waals surface area contributed by atoms with E-state index in [9.17, 15) is 4.79 Å². The number of thiophene rings is 1. The zero-order valence-corrected chi connectivity index (χ0v) is 20.2. The van der Waals surface area contributed by atoms with E-state index in [0.29, 0.717) is 0 Å². The van der Waals surface area contributed by atoms with Gasteiger partial charge in [0.05, 0.1) is 16.6 Å². The van der Waals surface area contributed by atoms with Crippen molar-refractivity contribution in [3.05, 3.63) is 46.2 Å². The minimum Gasteiger partial charge on any atom is -0.360 e. The molecular weight excluding hydrogens is 418 g/mol. The molecule has 1 aliphatic rings. The summed E-state index contributed by atoms with van der Waals surface area (Å²) in [6.45, 7) is 9.58. The predicted molar refractivity (Wildman–Crippen MR) is 130 cm³/mol. The Labute approximate surface area is 192 Å². The number of nitrogens with one attached hydrogen (secondary N) is 1. The molecule has 4 heterocycles. The van der Waals surface area contributed by atoms with Crippen LogP contribution >= 0.6 is 11.3 Å². The first-order valence-electron chi connectivity index (χ1n) is 11.3. The number of nitrogens with zero attached hydrogens (tertiary/aromatic N) is 2. The molecule has 6 heteroatoms. The second kappa shape index (κ2) is 7.78. The number of ketones is 1. The average Bonchev–Trinajstić information content (AvgIpc) is 3.33. The minimum atomic E-state index is -0.680. The quantitative estimate of drug-likeness (QED) is 0.389. The van der Waals surface area contributed by atoms with Gasteiger partial charge in [-0.2, -0.15) is 0 Å². The molecule has 0 saturated heterocycles. The van der Waals surface area contributed by atoms with Crippen LogP contribution in [-0.2, 0) is 22.4 Å². The van der Waals surface area contributed by atoms with Gasteiger partial charge in [-0.3, -0.25) is 9.78 Å². The van der Waals surface area contributed by atoms with Crippen molar-refractivity contribution in [2.24, 2.45) is 0 Å². The van der Waals surface area contributed by atoms with Crippen molar-refractivity contribution in [1.82, 2.24) is 15.0 Å². The topological polar surface area (TPSA) is 67.9 Å². The summed E-state index contributed by atoms with van der Waals surface area (Å²) in [5.41, 5.74) is 6.62. The lowest BCUT2D eigenvalue weighted by molar-refractivity contribution is -0.138. The number of pyridine rings is 2. The number of hydrogen-bond donors (Lipinski definition) is 1. The number of hydrogen-bond acceptors (Lipinski definition) is 5. The lowest BCUT2D eigenvalue weighted by Crippen LogP contribution is -2.27. The molecule has 0 aliphatic heterocycles. The molecule has 1 atom stereocenters. The molecule has 0 saturated carbocycles. The fourth-order valence-electron chi connectivity index (χ4n) is 4.81. The highest BCUT2D eigenvalue weighted by Crippen LogP contribution is 2.46. The molecule has 0 radical (unpaired) electrons. The van der Waals surface area contributed by atoms with Gasteiger partial charge in [0.15, 0.2) is 5.78 Å². The molecule has 1 N–H and O–H groups in total. The molecular formula is C26H29N3O2S. The molecule has 1 aliphatic carbocycles. The smallest absolute Gasteiger partial charge is 0.163 e. The van der Waals surface area contributed by atoms with Crippen LogP contribution in [0.4, 0.5) is 0 Å². The van der Waals surface area contributed by atoms with Crippen LogP contribution in [0.25, 0.3) is 32.4 Å². The molecule has 0 spiro atoms. The molecule has 4 aromatic heterocycles. The number of carbonyl (C=O) groups excluding carboxylic acids is 1. The number of aromatic nitrogens is 3. The molecule has 32 heavy (non-hydrogen) atoms. The monoisotopic (exact) mass is 447 g/mol. The van der Waals surface area contributed by atoms with Crippen LogP contribution < -0.4 is 0 Å². The Morgan fingerprint density at radius 2 is 2.03 bits per heavy atom. The Morgan fingerprint density at radius 3 is 2.78 bits per heavy atom. The molecule has 166 valence electrons. The van der Waals surface area contributed by atoms with Crippen molar-refractivity contribution in [2.45, 2.75) is 72.0 Å². The lowest BCUT2D eigenvalue weighted by Gasteiger charge is -2.29. The predicted octanol–water partition coefficient (Wildman–Crippen LogP) is 6.47. The first kappa shape index (κ1) is 21.3. The third-order valence-corrected chi connectivity index (χ3v) is 7.31. The standard InChI is InChI=1S/C26H29N3O2S/c1-14-21(24(15(2)30)31-26(3,4)5)22(16-12-19-18(28-13-16)10-11-27-19)23-17-8-6-7-9-20(17)32-25(23)29-14/h10-13,24,27H,6-9H2,1-5H3. The fourth-order valence-corrected chi connectivity index (χ4v) is 6.12. The van der Waals surface area contributed by atoms with E-state index in [-0.39, 0.29) is 5.78 Å². The summed E-state index contributed by atoms with van der Waals surface area (Å²) in [6, 6.07) is 4.11. The van der Waals surface area contributed by atoms with Crippen molar-refractivity contribution in [3.8, 4) is 11.1 Å². The second-order valence-corrected chi connectivity index (χ2v) is 10.8. The Hall–Kier alpha value is -2.57. The summed E-state index contributed by atoms with van der Waals surface area (Å²) in [6.07, 6.45) is 7.71. The summed E-state index contributed by atoms with van der Waals surface area (Å²) in [4.78, 5) is 28.4. The third kappa shape index (κ3) is 3.65. The largest absolute Gasteiger partial charge is 0.360 e. The molecule has 1 unspecified atom stereocenters. The van der Waals surface area contributed by atoms with Crippen LogP contribution in [0, 0.1) is 6.92 Å². The van der Waals surface area contributed by atoms with Gasteiger partial charge >= 0.3 is 0 Å². The normalized spacial score (nSPS) is 15.3. The highest BCUT2D eigenvalue weighted by molar-refractivity contribution is 7.19. The molecule has 5 rings (SSSR count). The zero-order valence-electron chi connectivity index (χ0n) is 19.3. The van der Waals surface area contributed by atoms with E-state index in [1.807, 2.05) is 46.2 Å². The van der Waals surface area contributed by atoms with Crippen LogP contribution in [-0.4, -0.2) is 26.3 Å². The average molecular weight is 448 g/mol. The third-order valence-electron chi connectivity index (χ3n) is 6.12. The SMILES string of the molecule is CC(=O)C(OC(C)(C)C)c1c(C)nc2sc3c(c2c1-c1cnc2cc[nH]c2c1)CCCC3. The number of aryl methyl sites for hydroxylation is 3. The number of H-pyrrole nitrogens is 1. The van der Waals surface area contributed by atoms with Crippen LogP contribution in [0.15, 0.2) is 24.5 Å². The van der Waals surface area contributed by atoms with Gasteiger partial charge in [-0.15, -0.1) is 11.3 Å². The first-order valence-corrected chi connectivity index (χ1v) is 12.1. The van der Waals surface area contributed by atoms with Gasteiger partial charge in [0.2, 0.25) is 0 Å². The van der Waals surface area contributed by atoms with Crippen molar-refractivity contribution < 1.29 is 9.53 Å². The number of rotatable bonds is 4. The summed E-state index contributed by atoms with van der Waals surface area (Å²) in [5, 5.41) is 1.18. The molecule has 0 bridgehead atoms. The Kier molecular flexibility index (Phi) is 5.18. The highest BCUT2D eigenvalue weighted by Gasteiger charge is 2.32. The Bertz CT molecular complexity index is 1340. The number of carbonyl (C=O) groups is 1.